The number of nitrogens with zero attached hydrogens (tertiary/aromatic N) is 2. The van der Waals surface area contributed by atoms with Gasteiger partial charge in [-0.25, -0.2) is 0 Å². The number of anilines is 3. The minimum Gasteiger partial charge on any atom is -0.454 e. The molecule has 2 amide bonds. The summed E-state index contributed by atoms with van der Waals surface area (Å²) in [7, 11) is 0. The molecule has 2 aliphatic heterocycles. The van der Waals surface area contributed by atoms with Gasteiger partial charge in [0.25, 0.3) is 11.8 Å². The zero-order chi connectivity index (χ0) is 29.4. The molecular weight excluding hydrogens is 596 g/mol. The zero-order valence-electron chi connectivity index (χ0n) is 22.9. The molecule has 7 nitrogen and oxygen atoms in total. The van der Waals surface area contributed by atoms with Crippen molar-refractivity contribution >= 4 is 44.8 Å². The van der Waals surface area contributed by atoms with Crippen molar-refractivity contribution in [1.82, 2.24) is 0 Å². The molecule has 0 spiro atoms. The minimum absolute atomic E-state index is 0.00596. The number of carbonyl (C=O) groups is 2. The second-order valence-corrected chi connectivity index (χ2v) is 11.3. The van der Waals surface area contributed by atoms with Gasteiger partial charge in [0.15, 0.2) is 11.4 Å². The summed E-state index contributed by atoms with van der Waals surface area (Å²) in [6.45, 7) is 2.03. The van der Waals surface area contributed by atoms with E-state index in [4.69, 9.17) is 9.84 Å². The fraction of sp³-hybridized carbons (Fsp3) is 0.176. The third-order valence-electron chi connectivity index (χ3n) is 7.79. The molecule has 0 fully saturated rings. The lowest BCUT2D eigenvalue weighted by Gasteiger charge is -2.28. The van der Waals surface area contributed by atoms with Crippen molar-refractivity contribution in [2.75, 3.05) is 16.4 Å². The summed E-state index contributed by atoms with van der Waals surface area (Å²) < 4.78 is 6.87. The Balaban J connectivity index is 1.32. The lowest BCUT2D eigenvalue weighted by Crippen LogP contribution is -2.44. The number of aliphatic hydroxyl groups is 2. The van der Waals surface area contributed by atoms with Crippen molar-refractivity contribution < 1.29 is 24.5 Å². The molecule has 4 aromatic carbocycles. The van der Waals surface area contributed by atoms with Crippen molar-refractivity contribution in [3.63, 3.8) is 0 Å². The van der Waals surface area contributed by atoms with E-state index in [1.807, 2.05) is 72.8 Å². The van der Waals surface area contributed by atoms with E-state index < -0.39 is 17.4 Å². The molecule has 0 aliphatic carbocycles. The Labute approximate surface area is 252 Å². The van der Waals surface area contributed by atoms with Crippen LogP contribution in [0.25, 0.3) is 0 Å². The normalized spacial score (nSPS) is 18.4. The van der Waals surface area contributed by atoms with Crippen LogP contribution in [0.15, 0.2) is 108 Å². The van der Waals surface area contributed by atoms with E-state index in [2.05, 4.69) is 15.9 Å². The lowest BCUT2D eigenvalue weighted by molar-refractivity contribution is -0.139. The Morgan fingerprint density at radius 2 is 1.64 bits per heavy atom. The molecule has 2 aliphatic rings. The summed E-state index contributed by atoms with van der Waals surface area (Å²) in [5.41, 5.74) is 2.01. The number of rotatable bonds is 7. The number of benzene rings is 4. The Morgan fingerprint density at radius 3 is 2.40 bits per heavy atom. The average Bonchev–Trinajstić information content (AvgIpc) is 3.12. The highest BCUT2D eigenvalue weighted by Gasteiger charge is 2.52. The van der Waals surface area contributed by atoms with Gasteiger partial charge in [-0.3, -0.25) is 14.5 Å². The fourth-order valence-electron chi connectivity index (χ4n) is 5.59. The van der Waals surface area contributed by atoms with E-state index >= 15 is 0 Å². The molecule has 0 saturated carbocycles. The largest absolute Gasteiger partial charge is 0.454 e. The molecule has 4 aromatic rings. The summed E-state index contributed by atoms with van der Waals surface area (Å²) in [4.78, 5) is 30.8. The molecule has 212 valence electrons. The molecular formula is C34H29BrN2O5. The first-order chi connectivity index (χ1) is 20.3. The first-order valence-electron chi connectivity index (χ1n) is 13.7. The zero-order valence-corrected chi connectivity index (χ0v) is 24.5. The smallest absolute Gasteiger partial charge is 0.266 e. The fourth-order valence-corrected chi connectivity index (χ4v) is 5.95. The van der Waals surface area contributed by atoms with Crippen LogP contribution in [-0.2, 0) is 16.9 Å². The van der Waals surface area contributed by atoms with Gasteiger partial charge in [-0.1, -0.05) is 71.4 Å². The Kier molecular flexibility index (Phi) is 7.45. The van der Waals surface area contributed by atoms with Gasteiger partial charge >= 0.3 is 0 Å². The topological polar surface area (TPSA) is 90.3 Å². The Bertz CT molecular complexity index is 1700. The van der Waals surface area contributed by atoms with E-state index in [0.29, 0.717) is 46.1 Å². The number of ether oxygens (including phenoxy) is 1. The van der Waals surface area contributed by atoms with Crippen LogP contribution in [0.3, 0.4) is 0 Å². The summed E-state index contributed by atoms with van der Waals surface area (Å²) in [5, 5.41) is 21.0. The van der Waals surface area contributed by atoms with Gasteiger partial charge in [0.2, 0.25) is 0 Å². The molecule has 2 atom stereocenters. The van der Waals surface area contributed by atoms with Crippen molar-refractivity contribution in [1.29, 1.82) is 0 Å². The van der Waals surface area contributed by atoms with Crippen LogP contribution in [-0.4, -0.2) is 28.6 Å². The van der Waals surface area contributed by atoms with Gasteiger partial charge in [0.1, 0.15) is 5.75 Å². The molecule has 0 aromatic heterocycles. The van der Waals surface area contributed by atoms with Crippen LogP contribution >= 0.6 is 15.9 Å². The Morgan fingerprint density at radius 1 is 0.929 bits per heavy atom. The van der Waals surface area contributed by atoms with E-state index in [9.17, 15) is 14.7 Å². The second-order valence-electron chi connectivity index (χ2n) is 10.4. The number of hydrogen-bond acceptors (Lipinski definition) is 5. The number of amides is 2. The molecule has 0 unspecified atom stereocenters. The maximum Gasteiger partial charge on any atom is 0.266 e. The molecule has 2 N–H and O–H groups in total. The minimum atomic E-state index is -1.75. The van der Waals surface area contributed by atoms with Crippen LogP contribution < -0.4 is 14.5 Å². The van der Waals surface area contributed by atoms with Crippen LogP contribution in [0.2, 0.25) is 0 Å². The summed E-state index contributed by atoms with van der Waals surface area (Å²) in [6.07, 6.45) is 3.99. The lowest BCUT2D eigenvalue weighted by atomic mass is 9.83. The van der Waals surface area contributed by atoms with E-state index in [-0.39, 0.29) is 19.1 Å². The second kappa shape index (κ2) is 11.2. The molecule has 0 bridgehead atoms. The van der Waals surface area contributed by atoms with Crippen LogP contribution in [0.4, 0.5) is 17.1 Å². The molecule has 8 heteroatoms. The summed E-state index contributed by atoms with van der Waals surface area (Å²) >= 11 is 3.48. The van der Waals surface area contributed by atoms with Gasteiger partial charge in [-0.05, 0) is 66.6 Å². The third-order valence-corrected chi connectivity index (χ3v) is 8.29. The number of halogens is 1. The van der Waals surface area contributed by atoms with Gasteiger partial charge < -0.3 is 19.8 Å². The van der Waals surface area contributed by atoms with E-state index in [1.54, 1.807) is 47.1 Å². The molecule has 2 heterocycles. The monoisotopic (exact) mass is 624 g/mol. The van der Waals surface area contributed by atoms with E-state index in [0.717, 1.165) is 10.0 Å². The predicted molar refractivity (Wildman–Crippen MR) is 165 cm³/mol. The molecule has 42 heavy (non-hydrogen) atoms. The van der Waals surface area contributed by atoms with Gasteiger partial charge in [-0.2, -0.15) is 0 Å². The summed E-state index contributed by atoms with van der Waals surface area (Å²) in [6, 6.07) is 27.5. The van der Waals surface area contributed by atoms with E-state index in [1.165, 1.54) is 0 Å². The number of fused-ring (bicyclic) bond motifs is 3. The van der Waals surface area contributed by atoms with Crippen LogP contribution in [0.5, 0.6) is 11.5 Å². The highest BCUT2D eigenvalue weighted by molar-refractivity contribution is 9.10. The number of aliphatic hydroxyl groups excluding tert-OH is 1. The van der Waals surface area contributed by atoms with Crippen molar-refractivity contribution in [3.8, 4) is 11.5 Å². The van der Waals surface area contributed by atoms with Crippen LogP contribution in [0, 0.1) is 5.92 Å². The SMILES string of the molecule is C[C@H](/C=C/CCO)[C@@]1(O)C(=O)N(Cc2ccc(N3C(=O)c4ccccc4Oc4ccccc43)cc2)c2ccc(Br)cc21. The van der Waals surface area contributed by atoms with Gasteiger partial charge in [0, 0.05) is 28.2 Å². The predicted octanol–water partition coefficient (Wildman–Crippen LogP) is 6.84. The van der Waals surface area contributed by atoms with Crippen molar-refractivity contribution in [2.45, 2.75) is 25.5 Å². The highest BCUT2D eigenvalue weighted by Crippen LogP contribution is 2.47. The van der Waals surface area contributed by atoms with Crippen molar-refractivity contribution in [2.24, 2.45) is 5.92 Å². The quantitative estimate of drug-likeness (QED) is 0.220. The molecule has 6 rings (SSSR count). The Hall–Kier alpha value is -4.24. The number of carbonyl (C=O) groups excluding carboxylic acids is 2. The molecule has 0 saturated heterocycles. The summed E-state index contributed by atoms with van der Waals surface area (Å²) in [5.74, 6) is -0.0557. The van der Waals surface area contributed by atoms with Crippen molar-refractivity contribution in [3.05, 3.63) is 124 Å². The average molecular weight is 626 g/mol. The first-order valence-corrected chi connectivity index (χ1v) is 14.5. The third kappa shape index (κ3) is 4.71. The maximum absolute atomic E-state index is 13.8. The maximum atomic E-state index is 13.8. The first kappa shape index (κ1) is 27.9. The van der Waals surface area contributed by atoms with Gasteiger partial charge in [-0.15, -0.1) is 0 Å². The highest BCUT2D eigenvalue weighted by atomic mass is 79.9. The molecule has 0 radical (unpaired) electrons. The van der Waals surface area contributed by atoms with Crippen LogP contribution in [0.1, 0.15) is 34.8 Å². The standard InChI is InChI=1S/C34H29BrN2O5/c1-22(8-6-7-19-38)34(41)27-20-24(35)15-18-28(27)36(33(34)40)21-23-13-16-25(17-14-23)37-29-10-3-5-12-31(29)42-30-11-4-2-9-26(30)32(37)39/h2-6,8-18,20,22,38,41H,7,19,21H2,1H3/b8-6+/t22-,34+/m1/s1. The van der Waals surface area contributed by atoms with Gasteiger partial charge in [0.05, 0.1) is 23.5 Å². The number of para-hydroxylation sites is 3. The number of hydrogen-bond donors (Lipinski definition) is 2.